The lowest BCUT2D eigenvalue weighted by atomic mass is 10.2. The number of amides is 2. The summed E-state index contributed by atoms with van der Waals surface area (Å²) >= 11 is 0. The number of benzene rings is 1. The SMILES string of the molecule is COC(=O)Nc1cc(NC(C)=O)ccc1OC. The molecule has 0 saturated heterocycles. The maximum absolute atomic E-state index is 11.1. The summed E-state index contributed by atoms with van der Waals surface area (Å²) in [5.41, 5.74) is 0.982. The van der Waals surface area contributed by atoms with Crippen LogP contribution in [0.4, 0.5) is 16.2 Å². The molecule has 1 aromatic carbocycles. The van der Waals surface area contributed by atoms with Crippen molar-refractivity contribution < 1.29 is 19.1 Å². The molecule has 1 aromatic rings. The van der Waals surface area contributed by atoms with Gasteiger partial charge in [0.25, 0.3) is 0 Å². The van der Waals surface area contributed by atoms with E-state index in [1.165, 1.54) is 21.1 Å². The molecule has 0 aliphatic carbocycles. The second kappa shape index (κ2) is 5.74. The van der Waals surface area contributed by atoms with Crippen LogP contribution >= 0.6 is 0 Å². The second-order valence-corrected chi connectivity index (χ2v) is 3.21. The molecule has 1 rings (SSSR count). The maximum atomic E-state index is 11.1. The van der Waals surface area contributed by atoms with Crippen molar-refractivity contribution in [1.82, 2.24) is 0 Å². The Morgan fingerprint density at radius 2 is 1.88 bits per heavy atom. The van der Waals surface area contributed by atoms with Gasteiger partial charge in [0.15, 0.2) is 0 Å². The van der Waals surface area contributed by atoms with Crippen LogP contribution in [0.5, 0.6) is 5.75 Å². The molecule has 2 amide bonds. The van der Waals surface area contributed by atoms with Crippen LogP contribution in [0.15, 0.2) is 18.2 Å². The summed E-state index contributed by atoms with van der Waals surface area (Å²) in [4.78, 5) is 22.0. The summed E-state index contributed by atoms with van der Waals surface area (Å²) < 4.78 is 9.55. The summed E-state index contributed by atoms with van der Waals surface area (Å²) in [6.07, 6.45) is -0.608. The maximum Gasteiger partial charge on any atom is 0.411 e. The fraction of sp³-hybridized carbons (Fsp3) is 0.273. The highest BCUT2D eigenvalue weighted by molar-refractivity contribution is 5.92. The molecule has 0 bridgehead atoms. The molecule has 0 aliphatic rings. The molecule has 17 heavy (non-hydrogen) atoms. The van der Waals surface area contributed by atoms with Gasteiger partial charge in [-0.15, -0.1) is 0 Å². The predicted octanol–water partition coefficient (Wildman–Crippen LogP) is 1.83. The van der Waals surface area contributed by atoms with Gasteiger partial charge in [0.05, 0.1) is 19.9 Å². The van der Waals surface area contributed by atoms with E-state index >= 15 is 0 Å². The number of nitrogens with one attached hydrogen (secondary N) is 2. The Morgan fingerprint density at radius 1 is 1.18 bits per heavy atom. The van der Waals surface area contributed by atoms with Crippen LogP contribution in [0.25, 0.3) is 0 Å². The minimum absolute atomic E-state index is 0.195. The van der Waals surface area contributed by atoms with Gasteiger partial charge in [-0.2, -0.15) is 0 Å². The highest BCUT2D eigenvalue weighted by atomic mass is 16.5. The number of carbonyl (C=O) groups is 2. The predicted molar refractivity (Wildman–Crippen MR) is 63.3 cm³/mol. The zero-order chi connectivity index (χ0) is 12.8. The standard InChI is InChI=1S/C11H14N2O4/c1-7(14)12-8-4-5-10(16-2)9(6-8)13-11(15)17-3/h4-6H,1-3H3,(H,12,14)(H,13,15). The first-order chi connectivity index (χ1) is 8.06. The van der Waals surface area contributed by atoms with Crippen LogP contribution in [0.1, 0.15) is 6.92 Å². The Bertz CT molecular complexity index is 431. The van der Waals surface area contributed by atoms with Gasteiger partial charge in [-0.25, -0.2) is 4.79 Å². The van der Waals surface area contributed by atoms with Crippen molar-refractivity contribution in [3.63, 3.8) is 0 Å². The van der Waals surface area contributed by atoms with Crippen LogP contribution in [0.2, 0.25) is 0 Å². The highest BCUT2D eigenvalue weighted by Gasteiger charge is 2.08. The Morgan fingerprint density at radius 3 is 2.41 bits per heavy atom. The average Bonchev–Trinajstić information content (AvgIpc) is 2.28. The largest absolute Gasteiger partial charge is 0.495 e. The number of ether oxygens (including phenoxy) is 2. The quantitative estimate of drug-likeness (QED) is 0.842. The fourth-order valence-corrected chi connectivity index (χ4v) is 1.25. The van der Waals surface area contributed by atoms with Crippen LogP contribution in [-0.2, 0) is 9.53 Å². The van der Waals surface area contributed by atoms with Crippen LogP contribution in [0.3, 0.4) is 0 Å². The van der Waals surface area contributed by atoms with Gasteiger partial charge in [-0.3, -0.25) is 10.1 Å². The lowest BCUT2D eigenvalue weighted by Gasteiger charge is -2.11. The summed E-state index contributed by atoms with van der Waals surface area (Å²) in [6.45, 7) is 1.40. The number of anilines is 2. The van der Waals surface area contributed by atoms with E-state index in [0.29, 0.717) is 17.1 Å². The van der Waals surface area contributed by atoms with Crippen molar-refractivity contribution in [3.8, 4) is 5.75 Å². The molecule has 6 nitrogen and oxygen atoms in total. The third-order valence-corrected chi connectivity index (χ3v) is 1.94. The van der Waals surface area contributed by atoms with E-state index in [0.717, 1.165) is 0 Å². The molecule has 0 saturated carbocycles. The van der Waals surface area contributed by atoms with Crippen LogP contribution < -0.4 is 15.4 Å². The average molecular weight is 238 g/mol. The second-order valence-electron chi connectivity index (χ2n) is 3.21. The molecular weight excluding hydrogens is 224 g/mol. The van der Waals surface area contributed by atoms with Crippen molar-refractivity contribution in [2.24, 2.45) is 0 Å². The fourth-order valence-electron chi connectivity index (χ4n) is 1.25. The zero-order valence-corrected chi connectivity index (χ0v) is 9.87. The molecule has 0 heterocycles. The van der Waals surface area contributed by atoms with Gasteiger partial charge in [0, 0.05) is 12.6 Å². The van der Waals surface area contributed by atoms with Gasteiger partial charge in [0.1, 0.15) is 5.75 Å². The van der Waals surface area contributed by atoms with E-state index in [1.807, 2.05) is 0 Å². The first kappa shape index (κ1) is 12.8. The highest BCUT2D eigenvalue weighted by Crippen LogP contribution is 2.27. The minimum atomic E-state index is -0.608. The monoisotopic (exact) mass is 238 g/mol. The minimum Gasteiger partial charge on any atom is -0.495 e. The topological polar surface area (TPSA) is 76.7 Å². The van der Waals surface area contributed by atoms with Crippen LogP contribution in [0, 0.1) is 0 Å². The van der Waals surface area contributed by atoms with Gasteiger partial charge in [-0.1, -0.05) is 0 Å². The van der Waals surface area contributed by atoms with Gasteiger partial charge >= 0.3 is 6.09 Å². The van der Waals surface area contributed by atoms with Crippen LogP contribution in [-0.4, -0.2) is 26.2 Å². The summed E-state index contributed by atoms with van der Waals surface area (Å²) in [7, 11) is 2.75. The first-order valence-electron chi connectivity index (χ1n) is 4.87. The smallest absolute Gasteiger partial charge is 0.411 e. The summed E-state index contributed by atoms with van der Waals surface area (Å²) in [5.74, 6) is 0.281. The van der Waals surface area contributed by atoms with Crippen molar-refractivity contribution in [3.05, 3.63) is 18.2 Å². The molecule has 0 aliphatic heterocycles. The molecule has 0 fully saturated rings. The molecule has 0 spiro atoms. The summed E-state index contributed by atoms with van der Waals surface area (Å²) in [6, 6.07) is 4.89. The van der Waals surface area contributed by atoms with Gasteiger partial charge in [-0.05, 0) is 18.2 Å². The Labute approximate surface area is 98.9 Å². The Balaban J connectivity index is 2.97. The number of rotatable bonds is 3. The Hall–Kier alpha value is -2.24. The number of carbonyl (C=O) groups excluding carboxylic acids is 2. The number of hydrogen-bond donors (Lipinski definition) is 2. The molecular formula is C11H14N2O4. The van der Waals surface area contributed by atoms with Crippen molar-refractivity contribution in [2.45, 2.75) is 6.92 Å². The van der Waals surface area contributed by atoms with Crippen molar-refractivity contribution in [2.75, 3.05) is 24.9 Å². The molecule has 2 N–H and O–H groups in total. The molecule has 0 atom stereocenters. The molecule has 92 valence electrons. The molecule has 0 radical (unpaired) electrons. The third kappa shape index (κ3) is 3.67. The molecule has 0 aromatic heterocycles. The zero-order valence-electron chi connectivity index (χ0n) is 9.87. The van der Waals surface area contributed by atoms with Gasteiger partial charge < -0.3 is 14.8 Å². The lowest BCUT2D eigenvalue weighted by molar-refractivity contribution is -0.114. The molecule has 0 unspecified atom stereocenters. The van der Waals surface area contributed by atoms with E-state index in [-0.39, 0.29) is 5.91 Å². The Kier molecular flexibility index (Phi) is 4.33. The lowest BCUT2D eigenvalue weighted by Crippen LogP contribution is -2.12. The third-order valence-electron chi connectivity index (χ3n) is 1.94. The van der Waals surface area contributed by atoms with Crippen molar-refractivity contribution >= 4 is 23.4 Å². The van der Waals surface area contributed by atoms with E-state index in [2.05, 4.69) is 15.4 Å². The summed E-state index contributed by atoms with van der Waals surface area (Å²) in [5, 5.41) is 5.09. The van der Waals surface area contributed by atoms with E-state index in [9.17, 15) is 9.59 Å². The van der Waals surface area contributed by atoms with E-state index in [1.54, 1.807) is 18.2 Å². The van der Waals surface area contributed by atoms with E-state index < -0.39 is 6.09 Å². The first-order valence-corrected chi connectivity index (χ1v) is 4.87. The molecule has 6 heteroatoms. The normalized spacial score (nSPS) is 9.35. The number of hydrogen-bond acceptors (Lipinski definition) is 4. The number of methoxy groups -OCH3 is 2. The van der Waals surface area contributed by atoms with Crippen molar-refractivity contribution in [1.29, 1.82) is 0 Å². The van der Waals surface area contributed by atoms with Gasteiger partial charge in [0.2, 0.25) is 5.91 Å². The van der Waals surface area contributed by atoms with E-state index in [4.69, 9.17) is 4.74 Å².